The van der Waals surface area contributed by atoms with Crippen LogP contribution in [0.15, 0.2) is 17.5 Å². The number of fused-ring (bicyclic) bond motifs is 1. The Labute approximate surface area is 119 Å². The molecule has 0 saturated carbocycles. The normalized spacial score (nSPS) is 13.9. The predicted octanol–water partition coefficient (Wildman–Crippen LogP) is 1.46. The average Bonchev–Trinajstić information content (AvgIpc) is 3.14. The molecular formula is C13H13N3O3S. The fourth-order valence-electron chi connectivity index (χ4n) is 2.31. The topological polar surface area (TPSA) is 75.3 Å². The summed E-state index contributed by atoms with van der Waals surface area (Å²) in [5, 5.41) is 8.70. The number of H-pyrrole nitrogens is 1. The maximum Gasteiger partial charge on any atom is 0.358 e. The van der Waals surface area contributed by atoms with Gasteiger partial charge < -0.3 is 9.64 Å². The van der Waals surface area contributed by atoms with Crippen molar-refractivity contribution in [1.29, 1.82) is 0 Å². The monoisotopic (exact) mass is 291 g/mol. The van der Waals surface area contributed by atoms with Gasteiger partial charge in [0.25, 0.3) is 5.91 Å². The van der Waals surface area contributed by atoms with E-state index in [9.17, 15) is 9.59 Å². The Bertz CT molecular complexity index is 648. The minimum absolute atomic E-state index is 0.0138. The molecule has 2 aromatic heterocycles. The van der Waals surface area contributed by atoms with Gasteiger partial charge in [0.2, 0.25) is 0 Å². The van der Waals surface area contributed by atoms with Crippen molar-refractivity contribution in [2.45, 2.75) is 13.0 Å². The number of carbonyl (C=O) groups is 2. The fourth-order valence-corrected chi connectivity index (χ4v) is 3.00. The molecule has 3 rings (SSSR count). The van der Waals surface area contributed by atoms with E-state index in [-0.39, 0.29) is 5.91 Å². The van der Waals surface area contributed by atoms with Gasteiger partial charge in [0, 0.05) is 12.1 Å². The number of ether oxygens (including phenoxy) is 1. The summed E-state index contributed by atoms with van der Waals surface area (Å²) >= 11 is 1.43. The number of methoxy groups -OCH3 is 1. The Morgan fingerprint density at radius 2 is 2.35 bits per heavy atom. The summed E-state index contributed by atoms with van der Waals surface area (Å²) < 4.78 is 4.69. The predicted molar refractivity (Wildman–Crippen MR) is 72.7 cm³/mol. The molecule has 0 unspecified atom stereocenters. The lowest BCUT2D eigenvalue weighted by atomic mass is 10.0. The maximum atomic E-state index is 12.3. The van der Waals surface area contributed by atoms with Crippen LogP contribution in [0, 0.1) is 0 Å². The van der Waals surface area contributed by atoms with Gasteiger partial charge in [-0.15, -0.1) is 11.3 Å². The van der Waals surface area contributed by atoms with E-state index in [0.29, 0.717) is 25.2 Å². The van der Waals surface area contributed by atoms with Crippen molar-refractivity contribution in [2.24, 2.45) is 0 Å². The highest BCUT2D eigenvalue weighted by molar-refractivity contribution is 7.12. The molecule has 0 aromatic carbocycles. The molecule has 0 fully saturated rings. The second-order valence-corrected chi connectivity index (χ2v) is 5.42. The molecule has 0 saturated heterocycles. The molecule has 3 heterocycles. The van der Waals surface area contributed by atoms with Crippen LogP contribution >= 0.6 is 11.3 Å². The number of hydrogen-bond donors (Lipinski definition) is 1. The smallest absolute Gasteiger partial charge is 0.358 e. The molecule has 104 valence electrons. The number of rotatable bonds is 2. The van der Waals surface area contributed by atoms with Crippen LogP contribution in [0.3, 0.4) is 0 Å². The van der Waals surface area contributed by atoms with Crippen molar-refractivity contribution in [1.82, 2.24) is 15.1 Å². The quantitative estimate of drug-likeness (QED) is 0.850. The van der Waals surface area contributed by atoms with Gasteiger partial charge in [0.15, 0.2) is 5.69 Å². The van der Waals surface area contributed by atoms with E-state index in [1.54, 1.807) is 4.90 Å². The summed E-state index contributed by atoms with van der Waals surface area (Å²) in [6.07, 6.45) is 0.605. The van der Waals surface area contributed by atoms with Crippen LogP contribution in [0.5, 0.6) is 0 Å². The van der Waals surface area contributed by atoms with Crippen LogP contribution in [-0.4, -0.2) is 40.6 Å². The largest absolute Gasteiger partial charge is 0.464 e. The van der Waals surface area contributed by atoms with E-state index < -0.39 is 5.97 Å². The van der Waals surface area contributed by atoms with Crippen molar-refractivity contribution in [3.8, 4) is 0 Å². The second-order valence-electron chi connectivity index (χ2n) is 4.47. The number of amides is 1. The first-order chi connectivity index (χ1) is 9.70. The number of aromatic amines is 1. The van der Waals surface area contributed by atoms with Crippen LogP contribution in [-0.2, 0) is 17.7 Å². The van der Waals surface area contributed by atoms with Gasteiger partial charge in [-0.2, -0.15) is 5.10 Å². The molecule has 1 aliphatic rings. The molecule has 0 bridgehead atoms. The molecule has 0 aliphatic carbocycles. The Morgan fingerprint density at radius 3 is 3.05 bits per heavy atom. The fraction of sp³-hybridized carbons (Fsp3) is 0.308. The maximum absolute atomic E-state index is 12.3. The highest BCUT2D eigenvalue weighted by Gasteiger charge is 2.28. The Morgan fingerprint density at radius 1 is 1.50 bits per heavy atom. The van der Waals surface area contributed by atoms with Gasteiger partial charge in [0.1, 0.15) is 0 Å². The van der Waals surface area contributed by atoms with Crippen molar-refractivity contribution in [3.05, 3.63) is 39.3 Å². The Kier molecular flexibility index (Phi) is 3.27. The van der Waals surface area contributed by atoms with Crippen molar-refractivity contribution in [3.63, 3.8) is 0 Å². The average molecular weight is 291 g/mol. The third-order valence-corrected chi connectivity index (χ3v) is 4.19. The number of hydrogen-bond acceptors (Lipinski definition) is 5. The first kappa shape index (κ1) is 12.9. The third-order valence-electron chi connectivity index (χ3n) is 3.33. The van der Waals surface area contributed by atoms with E-state index >= 15 is 0 Å². The molecular weight excluding hydrogens is 278 g/mol. The number of esters is 1. The van der Waals surface area contributed by atoms with E-state index in [4.69, 9.17) is 4.74 Å². The van der Waals surface area contributed by atoms with Gasteiger partial charge in [-0.3, -0.25) is 9.89 Å². The molecule has 1 N–H and O–H groups in total. The van der Waals surface area contributed by atoms with Gasteiger partial charge in [-0.05, 0) is 17.9 Å². The van der Waals surface area contributed by atoms with Crippen molar-refractivity contribution < 1.29 is 14.3 Å². The van der Waals surface area contributed by atoms with E-state index in [0.717, 1.165) is 16.1 Å². The third kappa shape index (κ3) is 2.09. The van der Waals surface area contributed by atoms with Gasteiger partial charge in [-0.25, -0.2) is 4.79 Å². The first-order valence-corrected chi connectivity index (χ1v) is 7.06. The lowest BCUT2D eigenvalue weighted by Gasteiger charge is -2.26. The van der Waals surface area contributed by atoms with E-state index in [2.05, 4.69) is 10.2 Å². The zero-order valence-electron chi connectivity index (χ0n) is 10.9. The SMILES string of the molecule is COC(=O)c1n[nH]c2c1CCN(C(=O)c1cccs1)C2. The molecule has 0 spiro atoms. The lowest BCUT2D eigenvalue weighted by Crippen LogP contribution is -2.35. The summed E-state index contributed by atoms with van der Waals surface area (Å²) in [6, 6.07) is 3.67. The van der Waals surface area contributed by atoms with Crippen LogP contribution in [0.4, 0.5) is 0 Å². The number of aromatic nitrogens is 2. The molecule has 1 amide bonds. The van der Waals surface area contributed by atoms with Crippen molar-refractivity contribution in [2.75, 3.05) is 13.7 Å². The van der Waals surface area contributed by atoms with Crippen LogP contribution in [0.1, 0.15) is 31.4 Å². The summed E-state index contributed by atoms with van der Waals surface area (Å²) in [7, 11) is 1.33. The highest BCUT2D eigenvalue weighted by Crippen LogP contribution is 2.23. The van der Waals surface area contributed by atoms with E-state index in [1.807, 2.05) is 17.5 Å². The highest BCUT2D eigenvalue weighted by atomic mass is 32.1. The van der Waals surface area contributed by atoms with Gasteiger partial charge in [0.05, 0.1) is 24.2 Å². The molecule has 7 heteroatoms. The van der Waals surface area contributed by atoms with E-state index in [1.165, 1.54) is 18.4 Å². The summed E-state index contributed by atoms with van der Waals surface area (Å²) in [5.41, 5.74) is 1.99. The van der Waals surface area contributed by atoms with Crippen molar-refractivity contribution >= 4 is 23.2 Å². The van der Waals surface area contributed by atoms with Crippen LogP contribution in [0.2, 0.25) is 0 Å². The zero-order valence-corrected chi connectivity index (χ0v) is 11.7. The first-order valence-electron chi connectivity index (χ1n) is 6.18. The molecule has 1 aliphatic heterocycles. The zero-order chi connectivity index (χ0) is 14.1. The number of nitrogens with one attached hydrogen (secondary N) is 1. The summed E-state index contributed by atoms with van der Waals surface area (Å²) in [4.78, 5) is 26.3. The minimum atomic E-state index is -0.444. The van der Waals surface area contributed by atoms with Gasteiger partial charge >= 0.3 is 5.97 Å². The number of carbonyl (C=O) groups excluding carboxylic acids is 2. The minimum Gasteiger partial charge on any atom is -0.464 e. The summed E-state index contributed by atoms with van der Waals surface area (Å²) in [6.45, 7) is 1.02. The Balaban J connectivity index is 1.81. The van der Waals surface area contributed by atoms with Crippen LogP contribution < -0.4 is 0 Å². The standard InChI is InChI=1S/C13H13N3O3S/c1-19-13(18)11-8-4-5-16(7-9(8)14-15-11)12(17)10-3-2-6-20-10/h2-3,6H,4-5,7H2,1H3,(H,14,15). The molecule has 0 atom stereocenters. The Hall–Kier alpha value is -2.15. The van der Waals surface area contributed by atoms with Crippen LogP contribution in [0.25, 0.3) is 0 Å². The number of thiophene rings is 1. The lowest BCUT2D eigenvalue weighted by molar-refractivity contribution is 0.0592. The molecule has 20 heavy (non-hydrogen) atoms. The van der Waals surface area contributed by atoms with Gasteiger partial charge in [-0.1, -0.05) is 6.07 Å². The molecule has 2 aromatic rings. The number of nitrogens with zero attached hydrogens (tertiary/aromatic N) is 2. The molecule has 0 radical (unpaired) electrons. The second kappa shape index (κ2) is 5.09. The summed E-state index contributed by atoms with van der Waals surface area (Å²) in [5.74, 6) is -0.430. The molecule has 6 nitrogen and oxygen atoms in total.